The summed E-state index contributed by atoms with van der Waals surface area (Å²) in [5, 5.41) is 0. The third-order valence-electron chi connectivity index (χ3n) is 5.05. The van der Waals surface area contributed by atoms with Crippen molar-refractivity contribution in [3.05, 3.63) is 80.7 Å². The maximum Gasteiger partial charge on any atom is 2.00 e. The van der Waals surface area contributed by atoms with Crippen LogP contribution >= 0.6 is 0 Å². The van der Waals surface area contributed by atoms with Crippen molar-refractivity contribution < 1.29 is 19.5 Å². The zero-order valence-corrected chi connectivity index (χ0v) is 22.9. The first kappa shape index (κ1) is 24.8. The molecule has 0 spiro atoms. The van der Waals surface area contributed by atoms with Crippen molar-refractivity contribution in [1.82, 2.24) is 9.97 Å². The van der Waals surface area contributed by atoms with E-state index in [9.17, 15) is 0 Å². The van der Waals surface area contributed by atoms with Gasteiger partial charge in [0.15, 0.2) is 0 Å². The van der Waals surface area contributed by atoms with Crippen LogP contribution in [0.4, 0.5) is 0 Å². The first-order valence-corrected chi connectivity index (χ1v) is 10.3. The Morgan fingerprint density at radius 1 is 0.613 bits per heavy atom. The van der Waals surface area contributed by atoms with Crippen molar-refractivity contribution in [3.63, 3.8) is 0 Å². The van der Waals surface area contributed by atoms with Gasteiger partial charge >= 0.3 is 19.5 Å². The number of hydrogen-bond donors (Lipinski definition) is 0. The summed E-state index contributed by atoms with van der Waals surface area (Å²) in [5.41, 5.74) is 13.3. The van der Waals surface area contributed by atoms with E-state index < -0.39 is 0 Å². The SMILES string of the molecule is CC1=CC(C)=N/C1=C\c1[n-]c(C)cc1C.CC1=CC(C)=N/C1=C\c1[n-]c(C)cc1C.[Zn+2]. The number of hydrogen-bond acceptors (Lipinski definition) is 2. The second-order valence-electron chi connectivity index (χ2n) is 8.15. The van der Waals surface area contributed by atoms with Crippen LogP contribution in [0.25, 0.3) is 12.2 Å². The van der Waals surface area contributed by atoms with E-state index >= 15 is 0 Å². The fourth-order valence-electron chi connectivity index (χ4n) is 3.63. The quantitative estimate of drug-likeness (QED) is 0.509. The van der Waals surface area contributed by atoms with Crippen LogP contribution in [0.15, 0.2) is 56.8 Å². The number of allylic oxidation sites excluding steroid dienone is 4. The topological polar surface area (TPSA) is 52.9 Å². The summed E-state index contributed by atoms with van der Waals surface area (Å²) in [6, 6.07) is 4.19. The molecule has 0 saturated heterocycles. The van der Waals surface area contributed by atoms with Crippen LogP contribution < -0.4 is 9.97 Å². The van der Waals surface area contributed by atoms with Gasteiger partial charge in [-0.05, 0) is 64.8 Å². The van der Waals surface area contributed by atoms with Gasteiger partial charge < -0.3 is 9.97 Å². The zero-order chi connectivity index (χ0) is 22.0. The minimum absolute atomic E-state index is 0. The molecule has 0 aliphatic carbocycles. The van der Waals surface area contributed by atoms with Crippen LogP contribution in [0.5, 0.6) is 0 Å². The van der Waals surface area contributed by atoms with Gasteiger partial charge in [-0.3, -0.25) is 9.98 Å². The molecule has 5 heteroatoms. The van der Waals surface area contributed by atoms with E-state index in [1.165, 1.54) is 22.3 Å². The van der Waals surface area contributed by atoms with Gasteiger partial charge in [0.25, 0.3) is 0 Å². The molecule has 0 atom stereocenters. The molecule has 0 N–H and O–H groups in total. The fourth-order valence-corrected chi connectivity index (χ4v) is 3.63. The first-order valence-electron chi connectivity index (χ1n) is 10.3. The number of nitrogens with zero attached hydrogens (tertiary/aromatic N) is 4. The van der Waals surface area contributed by atoms with Gasteiger partial charge in [-0.2, -0.15) is 11.4 Å². The molecule has 2 aromatic rings. The Morgan fingerprint density at radius 2 is 0.968 bits per heavy atom. The standard InChI is InChI=1S/2C13H15N2.Zn/c2*1-8-5-10(3)14-12(8)7-13-9(2)6-11(4)15-13;/h2*5-7H,1-4H3;/q2*-1;+2/b2*12-7-;. The molecular weight excluding hydrogens is 434 g/mol. The first-order chi connectivity index (χ1) is 14.1. The van der Waals surface area contributed by atoms with Gasteiger partial charge in [0.1, 0.15) is 0 Å². The molecule has 31 heavy (non-hydrogen) atoms. The van der Waals surface area contributed by atoms with Gasteiger partial charge in [0.05, 0.1) is 11.4 Å². The van der Waals surface area contributed by atoms with Crippen molar-refractivity contribution in [2.75, 3.05) is 0 Å². The molecule has 0 amide bonds. The number of aliphatic imine (C=N–C) groups is 2. The van der Waals surface area contributed by atoms with Crippen molar-refractivity contribution >= 4 is 23.6 Å². The van der Waals surface area contributed by atoms with Crippen molar-refractivity contribution in [2.24, 2.45) is 9.98 Å². The molecule has 4 rings (SSSR count). The molecule has 0 bridgehead atoms. The number of aromatic nitrogens is 2. The second kappa shape index (κ2) is 10.2. The molecule has 2 aliphatic heterocycles. The molecule has 0 aromatic carbocycles. The Labute approximate surface area is 198 Å². The zero-order valence-electron chi connectivity index (χ0n) is 20.0. The van der Waals surface area contributed by atoms with E-state index in [4.69, 9.17) is 0 Å². The Kier molecular flexibility index (Phi) is 8.14. The third-order valence-corrected chi connectivity index (χ3v) is 5.05. The van der Waals surface area contributed by atoms with E-state index in [2.05, 4.69) is 84.1 Å². The Morgan fingerprint density at radius 3 is 1.19 bits per heavy atom. The average molecular weight is 464 g/mol. The molecule has 156 valence electrons. The number of rotatable bonds is 2. The Bertz CT molecular complexity index is 1070. The van der Waals surface area contributed by atoms with E-state index in [0.717, 1.165) is 45.6 Å². The van der Waals surface area contributed by atoms with Gasteiger partial charge in [-0.25, -0.2) is 0 Å². The minimum Gasteiger partial charge on any atom is -0.661 e. The average Bonchev–Trinajstić information content (AvgIpc) is 3.32. The molecule has 2 aromatic heterocycles. The molecule has 0 unspecified atom stereocenters. The minimum atomic E-state index is 0. The predicted molar refractivity (Wildman–Crippen MR) is 128 cm³/mol. The summed E-state index contributed by atoms with van der Waals surface area (Å²) in [7, 11) is 0. The summed E-state index contributed by atoms with van der Waals surface area (Å²) in [6.45, 7) is 16.4. The van der Waals surface area contributed by atoms with Crippen LogP contribution in [0.2, 0.25) is 0 Å². The van der Waals surface area contributed by atoms with Crippen molar-refractivity contribution in [3.8, 4) is 0 Å². The fraction of sp³-hybridized carbons (Fsp3) is 0.308. The van der Waals surface area contributed by atoms with E-state index in [1.54, 1.807) is 0 Å². The molecule has 4 nitrogen and oxygen atoms in total. The Hall–Kier alpha value is -2.52. The molecule has 0 fully saturated rings. The van der Waals surface area contributed by atoms with Crippen LogP contribution in [-0.2, 0) is 19.5 Å². The van der Waals surface area contributed by atoms with E-state index in [0.29, 0.717) is 0 Å². The Balaban J connectivity index is 0.000000213. The normalized spacial score (nSPS) is 17.7. The van der Waals surface area contributed by atoms with Gasteiger partial charge in [-0.15, -0.1) is 11.4 Å². The van der Waals surface area contributed by atoms with Crippen LogP contribution in [0, 0.1) is 27.7 Å². The summed E-state index contributed by atoms with van der Waals surface area (Å²) in [6.07, 6.45) is 8.31. The predicted octanol–water partition coefficient (Wildman–Crippen LogP) is 6.04. The molecule has 0 saturated carbocycles. The molecule has 0 radical (unpaired) electrons. The van der Waals surface area contributed by atoms with Crippen LogP contribution in [0.1, 0.15) is 61.6 Å². The van der Waals surface area contributed by atoms with E-state index in [-0.39, 0.29) is 19.5 Å². The van der Waals surface area contributed by atoms with Crippen molar-refractivity contribution in [2.45, 2.75) is 55.4 Å². The van der Waals surface area contributed by atoms with E-state index in [1.807, 2.05) is 27.7 Å². The van der Waals surface area contributed by atoms with Crippen molar-refractivity contribution in [1.29, 1.82) is 0 Å². The smallest absolute Gasteiger partial charge is 0.661 e. The molecule has 4 heterocycles. The summed E-state index contributed by atoms with van der Waals surface area (Å²) >= 11 is 0. The monoisotopic (exact) mass is 462 g/mol. The maximum atomic E-state index is 4.46. The summed E-state index contributed by atoms with van der Waals surface area (Å²) in [4.78, 5) is 17.8. The van der Waals surface area contributed by atoms with Gasteiger partial charge in [0, 0.05) is 11.4 Å². The van der Waals surface area contributed by atoms with Gasteiger partial charge in [-0.1, -0.05) is 49.3 Å². The summed E-state index contributed by atoms with van der Waals surface area (Å²) < 4.78 is 0. The molecular formula is C26H30N4Zn. The summed E-state index contributed by atoms with van der Waals surface area (Å²) in [5.74, 6) is 0. The largest absolute Gasteiger partial charge is 2.00 e. The molecule has 2 aliphatic rings. The van der Waals surface area contributed by atoms with Crippen LogP contribution in [-0.4, -0.2) is 11.4 Å². The van der Waals surface area contributed by atoms with Crippen LogP contribution in [0.3, 0.4) is 0 Å². The second-order valence-corrected chi connectivity index (χ2v) is 8.15. The van der Waals surface area contributed by atoms with Gasteiger partial charge in [0.2, 0.25) is 0 Å². The number of aryl methyl sites for hydroxylation is 4. The third kappa shape index (κ3) is 6.24. The maximum absolute atomic E-state index is 4.46.